The summed E-state index contributed by atoms with van der Waals surface area (Å²) in [6.07, 6.45) is 3.67. The molecule has 0 aromatic heterocycles. The highest BCUT2D eigenvalue weighted by Crippen LogP contribution is 2.16. The molecule has 92 valence electrons. The van der Waals surface area contributed by atoms with Gasteiger partial charge < -0.3 is 4.74 Å². The predicted octanol–water partition coefficient (Wildman–Crippen LogP) is 4.31. The lowest BCUT2D eigenvalue weighted by molar-refractivity contribution is 0.415. The van der Waals surface area contributed by atoms with Crippen LogP contribution in [0.5, 0.6) is 5.75 Å². The van der Waals surface area contributed by atoms with Crippen molar-refractivity contribution in [3.8, 4) is 5.75 Å². The third kappa shape index (κ3) is 2.98. The van der Waals surface area contributed by atoms with E-state index in [0.29, 0.717) is 5.56 Å². The largest absolute Gasteiger partial charge is 0.497 e. The van der Waals surface area contributed by atoms with Crippen molar-refractivity contribution in [1.29, 1.82) is 0 Å². The lowest BCUT2D eigenvalue weighted by Crippen LogP contribution is -1.83. The topological polar surface area (TPSA) is 9.23 Å². The van der Waals surface area contributed by atoms with Crippen molar-refractivity contribution >= 4 is 12.2 Å². The molecule has 0 bridgehead atoms. The van der Waals surface area contributed by atoms with Gasteiger partial charge in [0, 0.05) is 5.56 Å². The average molecular weight is 242 g/mol. The minimum atomic E-state index is -0.203. The summed E-state index contributed by atoms with van der Waals surface area (Å²) in [4.78, 5) is 0. The molecule has 0 amide bonds. The van der Waals surface area contributed by atoms with Gasteiger partial charge >= 0.3 is 0 Å². The third-order valence-electron chi connectivity index (χ3n) is 2.72. The van der Waals surface area contributed by atoms with E-state index in [9.17, 15) is 4.39 Å². The van der Waals surface area contributed by atoms with E-state index in [-0.39, 0.29) is 5.82 Å². The van der Waals surface area contributed by atoms with Crippen molar-refractivity contribution in [3.63, 3.8) is 0 Å². The molecule has 2 aromatic rings. The molecule has 18 heavy (non-hydrogen) atoms. The summed E-state index contributed by atoms with van der Waals surface area (Å²) in [5.74, 6) is 0.610. The quantitative estimate of drug-likeness (QED) is 0.728. The molecule has 2 heteroatoms. The molecule has 0 atom stereocenters. The van der Waals surface area contributed by atoms with Crippen LogP contribution >= 0.6 is 0 Å². The molecule has 0 heterocycles. The summed E-state index contributed by atoms with van der Waals surface area (Å²) >= 11 is 0. The van der Waals surface area contributed by atoms with Crippen LogP contribution in [-0.4, -0.2) is 7.11 Å². The van der Waals surface area contributed by atoms with Gasteiger partial charge in [-0.1, -0.05) is 35.9 Å². The minimum Gasteiger partial charge on any atom is -0.497 e. The monoisotopic (exact) mass is 242 g/mol. The second-order valence-corrected chi connectivity index (χ2v) is 4.13. The Morgan fingerprint density at radius 2 is 1.72 bits per heavy atom. The number of halogens is 1. The molecule has 0 spiro atoms. The van der Waals surface area contributed by atoms with E-state index in [1.807, 2.05) is 43.3 Å². The maximum absolute atomic E-state index is 13.5. The van der Waals surface area contributed by atoms with Crippen LogP contribution in [0.4, 0.5) is 4.39 Å². The molecule has 0 unspecified atom stereocenters. The summed E-state index contributed by atoms with van der Waals surface area (Å²) in [6.45, 7) is 1.95. The summed E-state index contributed by atoms with van der Waals surface area (Å²) in [7, 11) is 1.63. The van der Waals surface area contributed by atoms with E-state index in [2.05, 4.69) is 0 Å². The molecule has 0 N–H and O–H groups in total. The standard InChI is InChI=1S/C16H15FO/c1-12-3-10-16(17)14(11-12)7-4-13-5-8-15(18-2)9-6-13/h3-11H,1-2H3/b7-4+. The predicted molar refractivity (Wildman–Crippen MR) is 73.1 cm³/mol. The molecule has 0 aliphatic heterocycles. The fourth-order valence-electron chi connectivity index (χ4n) is 1.69. The molecule has 0 aliphatic carbocycles. The molecule has 0 radical (unpaired) electrons. The highest BCUT2D eigenvalue weighted by molar-refractivity contribution is 5.70. The number of rotatable bonds is 3. The average Bonchev–Trinajstić information content (AvgIpc) is 2.40. The summed E-state index contributed by atoms with van der Waals surface area (Å²) in [6, 6.07) is 12.7. The summed E-state index contributed by atoms with van der Waals surface area (Å²) < 4.78 is 18.6. The van der Waals surface area contributed by atoms with Crippen molar-refractivity contribution in [2.24, 2.45) is 0 Å². The first-order chi connectivity index (χ1) is 8.69. The highest BCUT2D eigenvalue weighted by atomic mass is 19.1. The van der Waals surface area contributed by atoms with Gasteiger partial charge in [0.1, 0.15) is 11.6 Å². The van der Waals surface area contributed by atoms with Crippen molar-refractivity contribution in [2.45, 2.75) is 6.92 Å². The van der Waals surface area contributed by atoms with Crippen LogP contribution in [-0.2, 0) is 0 Å². The van der Waals surface area contributed by atoms with Crippen LogP contribution in [0, 0.1) is 12.7 Å². The second kappa shape index (κ2) is 5.50. The Labute approximate surface area is 107 Å². The third-order valence-corrected chi connectivity index (χ3v) is 2.72. The lowest BCUT2D eigenvalue weighted by atomic mass is 10.1. The smallest absolute Gasteiger partial charge is 0.130 e. The Kier molecular flexibility index (Phi) is 3.78. The molecule has 2 rings (SSSR count). The summed E-state index contributed by atoms with van der Waals surface area (Å²) in [5.41, 5.74) is 2.66. The van der Waals surface area contributed by atoms with E-state index in [1.165, 1.54) is 6.07 Å². The minimum absolute atomic E-state index is 0.203. The Morgan fingerprint density at radius 1 is 1.00 bits per heavy atom. The molecular formula is C16H15FO. The molecule has 0 saturated carbocycles. The number of aryl methyl sites for hydroxylation is 1. The first-order valence-electron chi connectivity index (χ1n) is 5.77. The van der Waals surface area contributed by atoms with Gasteiger partial charge in [0.05, 0.1) is 7.11 Å². The number of hydrogen-bond donors (Lipinski definition) is 0. The number of benzene rings is 2. The Hall–Kier alpha value is -2.09. The second-order valence-electron chi connectivity index (χ2n) is 4.13. The fourth-order valence-corrected chi connectivity index (χ4v) is 1.69. The van der Waals surface area contributed by atoms with Crippen LogP contribution in [0.25, 0.3) is 12.2 Å². The molecule has 0 aliphatic rings. The number of ether oxygens (including phenoxy) is 1. The van der Waals surface area contributed by atoms with Gasteiger partial charge in [0.25, 0.3) is 0 Å². The maximum Gasteiger partial charge on any atom is 0.130 e. The van der Waals surface area contributed by atoms with Gasteiger partial charge in [-0.2, -0.15) is 0 Å². The van der Waals surface area contributed by atoms with Gasteiger partial charge in [-0.3, -0.25) is 0 Å². The Morgan fingerprint density at radius 3 is 2.39 bits per heavy atom. The number of hydrogen-bond acceptors (Lipinski definition) is 1. The zero-order valence-electron chi connectivity index (χ0n) is 10.5. The summed E-state index contributed by atoms with van der Waals surface area (Å²) in [5, 5.41) is 0. The van der Waals surface area contributed by atoms with Crippen molar-refractivity contribution in [1.82, 2.24) is 0 Å². The first kappa shape index (κ1) is 12.4. The zero-order chi connectivity index (χ0) is 13.0. The molecule has 1 nitrogen and oxygen atoms in total. The SMILES string of the molecule is COc1ccc(/C=C/c2cc(C)ccc2F)cc1. The van der Waals surface area contributed by atoms with E-state index < -0.39 is 0 Å². The van der Waals surface area contributed by atoms with Gasteiger partial charge in [0.2, 0.25) is 0 Å². The van der Waals surface area contributed by atoms with Crippen LogP contribution in [0.2, 0.25) is 0 Å². The highest BCUT2D eigenvalue weighted by Gasteiger charge is 1.98. The lowest BCUT2D eigenvalue weighted by Gasteiger charge is -2.00. The van der Waals surface area contributed by atoms with Crippen LogP contribution in [0.1, 0.15) is 16.7 Å². The van der Waals surface area contributed by atoms with E-state index in [4.69, 9.17) is 4.74 Å². The van der Waals surface area contributed by atoms with Gasteiger partial charge in [-0.15, -0.1) is 0 Å². The van der Waals surface area contributed by atoms with Crippen LogP contribution in [0.15, 0.2) is 42.5 Å². The normalized spacial score (nSPS) is 10.8. The zero-order valence-corrected chi connectivity index (χ0v) is 10.5. The molecular weight excluding hydrogens is 227 g/mol. The van der Waals surface area contributed by atoms with Crippen molar-refractivity contribution in [2.75, 3.05) is 7.11 Å². The molecule has 2 aromatic carbocycles. The van der Waals surface area contributed by atoms with E-state index in [1.54, 1.807) is 19.3 Å². The van der Waals surface area contributed by atoms with Crippen molar-refractivity contribution < 1.29 is 9.13 Å². The maximum atomic E-state index is 13.5. The Bertz CT molecular complexity index is 556. The van der Waals surface area contributed by atoms with Gasteiger partial charge in [-0.05, 0) is 36.8 Å². The van der Waals surface area contributed by atoms with Gasteiger partial charge in [0.15, 0.2) is 0 Å². The molecule has 0 fully saturated rings. The van der Waals surface area contributed by atoms with Gasteiger partial charge in [-0.25, -0.2) is 4.39 Å². The van der Waals surface area contributed by atoms with E-state index in [0.717, 1.165) is 16.9 Å². The van der Waals surface area contributed by atoms with Crippen molar-refractivity contribution in [3.05, 3.63) is 65.0 Å². The Balaban J connectivity index is 2.21. The number of methoxy groups -OCH3 is 1. The fraction of sp³-hybridized carbons (Fsp3) is 0.125. The van der Waals surface area contributed by atoms with E-state index >= 15 is 0 Å². The van der Waals surface area contributed by atoms with Crippen LogP contribution < -0.4 is 4.74 Å². The van der Waals surface area contributed by atoms with Crippen LogP contribution in [0.3, 0.4) is 0 Å². The first-order valence-corrected chi connectivity index (χ1v) is 5.77. The molecule has 0 saturated heterocycles.